The summed E-state index contributed by atoms with van der Waals surface area (Å²) in [5, 5.41) is 15.0. The molecular formula is C16H22N4OS2. The molecule has 0 saturated heterocycles. The van der Waals surface area contributed by atoms with Gasteiger partial charge in [-0.1, -0.05) is 49.1 Å². The van der Waals surface area contributed by atoms with Crippen LogP contribution in [0.25, 0.3) is 0 Å². The molecule has 1 aromatic carbocycles. The molecule has 124 valence electrons. The number of nitrogens with one attached hydrogen (secondary N) is 2. The van der Waals surface area contributed by atoms with Crippen molar-refractivity contribution in [1.82, 2.24) is 15.5 Å². The summed E-state index contributed by atoms with van der Waals surface area (Å²) in [5.41, 5.74) is 2.17. The SMILES string of the molecule is Cc1cccc(Nc2nnc(S[C@@H](C)C(=O)NCC(C)C)s2)c1. The van der Waals surface area contributed by atoms with Crippen molar-refractivity contribution >= 4 is 39.8 Å². The van der Waals surface area contributed by atoms with Crippen molar-refractivity contribution in [3.05, 3.63) is 29.8 Å². The third-order valence-electron chi connectivity index (χ3n) is 3.01. The van der Waals surface area contributed by atoms with Crippen LogP contribution in [0.4, 0.5) is 10.8 Å². The number of nitrogens with zero attached hydrogens (tertiary/aromatic N) is 2. The van der Waals surface area contributed by atoms with Crippen LogP contribution < -0.4 is 10.6 Å². The Morgan fingerprint density at radius 3 is 2.78 bits per heavy atom. The molecular weight excluding hydrogens is 328 g/mol. The number of thioether (sulfide) groups is 1. The van der Waals surface area contributed by atoms with Gasteiger partial charge in [-0.25, -0.2) is 0 Å². The maximum absolute atomic E-state index is 12.0. The summed E-state index contributed by atoms with van der Waals surface area (Å²) in [6, 6.07) is 8.08. The number of hydrogen-bond donors (Lipinski definition) is 2. The minimum atomic E-state index is -0.187. The molecule has 0 spiro atoms. The molecule has 0 bridgehead atoms. The molecule has 0 saturated carbocycles. The van der Waals surface area contributed by atoms with E-state index in [9.17, 15) is 4.79 Å². The topological polar surface area (TPSA) is 66.9 Å². The first kappa shape index (κ1) is 17.7. The Morgan fingerprint density at radius 1 is 1.30 bits per heavy atom. The van der Waals surface area contributed by atoms with Gasteiger partial charge in [0.15, 0.2) is 4.34 Å². The molecule has 1 aromatic heterocycles. The van der Waals surface area contributed by atoms with Crippen LogP contribution in [0.2, 0.25) is 0 Å². The van der Waals surface area contributed by atoms with Crippen LogP contribution in [0, 0.1) is 12.8 Å². The molecule has 0 aliphatic rings. The van der Waals surface area contributed by atoms with E-state index in [0.717, 1.165) is 15.2 Å². The normalized spacial score (nSPS) is 12.2. The van der Waals surface area contributed by atoms with Gasteiger partial charge in [-0.15, -0.1) is 10.2 Å². The lowest BCUT2D eigenvalue weighted by molar-refractivity contribution is -0.120. The van der Waals surface area contributed by atoms with E-state index in [1.54, 1.807) is 0 Å². The van der Waals surface area contributed by atoms with Crippen molar-refractivity contribution in [2.75, 3.05) is 11.9 Å². The van der Waals surface area contributed by atoms with E-state index in [0.29, 0.717) is 12.5 Å². The minimum Gasteiger partial charge on any atom is -0.355 e. The van der Waals surface area contributed by atoms with Gasteiger partial charge in [0.1, 0.15) is 0 Å². The zero-order valence-corrected chi connectivity index (χ0v) is 15.4. The van der Waals surface area contributed by atoms with Crippen molar-refractivity contribution < 1.29 is 4.79 Å². The Kier molecular flexibility index (Phi) is 6.41. The second kappa shape index (κ2) is 8.31. The molecule has 0 fully saturated rings. The molecule has 5 nitrogen and oxygen atoms in total. The van der Waals surface area contributed by atoms with Gasteiger partial charge >= 0.3 is 0 Å². The maximum Gasteiger partial charge on any atom is 0.233 e. The number of anilines is 2. The number of rotatable bonds is 7. The van der Waals surface area contributed by atoms with Crippen molar-refractivity contribution in [2.45, 2.75) is 37.3 Å². The van der Waals surface area contributed by atoms with Gasteiger partial charge in [-0.3, -0.25) is 4.79 Å². The number of aryl methyl sites for hydroxylation is 1. The van der Waals surface area contributed by atoms with Crippen LogP contribution in [0.15, 0.2) is 28.6 Å². The summed E-state index contributed by atoms with van der Waals surface area (Å²) >= 11 is 2.88. The van der Waals surface area contributed by atoms with Gasteiger partial charge in [0.2, 0.25) is 11.0 Å². The smallest absolute Gasteiger partial charge is 0.233 e. The highest BCUT2D eigenvalue weighted by Crippen LogP contribution is 2.30. The van der Waals surface area contributed by atoms with Crippen LogP contribution >= 0.6 is 23.1 Å². The second-order valence-corrected chi connectivity index (χ2v) is 8.33. The summed E-state index contributed by atoms with van der Waals surface area (Å²) in [7, 11) is 0. The van der Waals surface area contributed by atoms with E-state index >= 15 is 0 Å². The molecule has 2 aromatic rings. The highest BCUT2D eigenvalue weighted by molar-refractivity contribution is 8.02. The van der Waals surface area contributed by atoms with E-state index in [1.807, 2.05) is 32.0 Å². The first-order valence-electron chi connectivity index (χ1n) is 7.55. The number of carbonyl (C=O) groups excluding carboxylic acids is 1. The van der Waals surface area contributed by atoms with Crippen molar-refractivity contribution in [3.63, 3.8) is 0 Å². The number of aromatic nitrogens is 2. The molecule has 1 amide bonds. The number of benzene rings is 1. The maximum atomic E-state index is 12.0. The lowest BCUT2D eigenvalue weighted by Gasteiger charge is -2.11. The zero-order chi connectivity index (χ0) is 16.8. The van der Waals surface area contributed by atoms with Gasteiger partial charge in [0, 0.05) is 12.2 Å². The molecule has 2 rings (SSSR count). The molecule has 0 unspecified atom stereocenters. The van der Waals surface area contributed by atoms with E-state index in [2.05, 4.69) is 40.7 Å². The highest BCUT2D eigenvalue weighted by Gasteiger charge is 2.17. The van der Waals surface area contributed by atoms with Crippen molar-refractivity contribution in [3.8, 4) is 0 Å². The lowest BCUT2D eigenvalue weighted by Crippen LogP contribution is -2.33. The number of carbonyl (C=O) groups is 1. The van der Waals surface area contributed by atoms with E-state index in [-0.39, 0.29) is 11.2 Å². The zero-order valence-electron chi connectivity index (χ0n) is 13.8. The molecule has 7 heteroatoms. The summed E-state index contributed by atoms with van der Waals surface area (Å²) in [4.78, 5) is 12.0. The summed E-state index contributed by atoms with van der Waals surface area (Å²) in [6.45, 7) is 8.78. The molecule has 1 atom stereocenters. The fourth-order valence-electron chi connectivity index (χ4n) is 1.81. The number of hydrogen-bond acceptors (Lipinski definition) is 6. The molecule has 0 aliphatic carbocycles. The van der Waals surface area contributed by atoms with Crippen LogP contribution in [-0.2, 0) is 4.79 Å². The van der Waals surface area contributed by atoms with Gasteiger partial charge in [-0.05, 0) is 37.5 Å². The third-order valence-corrected chi connectivity index (χ3v) is 5.03. The molecule has 23 heavy (non-hydrogen) atoms. The van der Waals surface area contributed by atoms with Crippen LogP contribution in [-0.4, -0.2) is 27.9 Å². The Bertz CT molecular complexity index is 657. The van der Waals surface area contributed by atoms with E-state index < -0.39 is 0 Å². The van der Waals surface area contributed by atoms with Gasteiger partial charge < -0.3 is 10.6 Å². The largest absolute Gasteiger partial charge is 0.355 e. The Hall–Kier alpha value is -1.60. The first-order valence-corrected chi connectivity index (χ1v) is 9.25. The Balaban J connectivity index is 1.90. The summed E-state index contributed by atoms with van der Waals surface area (Å²) in [6.07, 6.45) is 0. The lowest BCUT2D eigenvalue weighted by atomic mass is 10.2. The fourth-order valence-corrected chi connectivity index (χ4v) is 3.75. The summed E-state index contributed by atoms with van der Waals surface area (Å²) in [5.74, 6) is 0.481. The van der Waals surface area contributed by atoms with Crippen LogP contribution in [0.3, 0.4) is 0 Å². The minimum absolute atomic E-state index is 0.0343. The first-order chi connectivity index (χ1) is 10.9. The van der Waals surface area contributed by atoms with Crippen molar-refractivity contribution in [1.29, 1.82) is 0 Å². The van der Waals surface area contributed by atoms with Crippen LogP contribution in [0.5, 0.6) is 0 Å². The Labute approximate surface area is 145 Å². The predicted octanol–water partition coefficient (Wildman–Crippen LogP) is 3.84. The van der Waals surface area contributed by atoms with Gasteiger partial charge in [-0.2, -0.15) is 0 Å². The summed E-state index contributed by atoms with van der Waals surface area (Å²) < 4.78 is 0.785. The van der Waals surface area contributed by atoms with Gasteiger partial charge in [0.25, 0.3) is 0 Å². The van der Waals surface area contributed by atoms with Gasteiger partial charge in [0.05, 0.1) is 5.25 Å². The Morgan fingerprint density at radius 2 is 2.09 bits per heavy atom. The molecule has 0 aliphatic heterocycles. The number of amides is 1. The highest BCUT2D eigenvalue weighted by atomic mass is 32.2. The predicted molar refractivity (Wildman–Crippen MR) is 97.5 cm³/mol. The third kappa shape index (κ3) is 5.84. The second-order valence-electron chi connectivity index (χ2n) is 5.77. The molecule has 1 heterocycles. The van der Waals surface area contributed by atoms with Crippen molar-refractivity contribution in [2.24, 2.45) is 5.92 Å². The standard InChI is InChI=1S/C16H22N4OS2/c1-10(2)9-17-14(21)12(4)22-16-20-19-15(23-16)18-13-7-5-6-11(3)8-13/h5-8,10,12H,9H2,1-4H3,(H,17,21)(H,18,19)/t12-/m0/s1. The quantitative estimate of drug-likeness (QED) is 0.743. The van der Waals surface area contributed by atoms with Crippen LogP contribution in [0.1, 0.15) is 26.3 Å². The van der Waals surface area contributed by atoms with E-state index in [1.165, 1.54) is 28.7 Å². The molecule has 0 radical (unpaired) electrons. The van der Waals surface area contributed by atoms with E-state index in [4.69, 9.17) is 0 Å². The monoisotopic (exact) mass is 350 g/mol. The average molecular weight is 351 g/mol. The fraction of sp³-hybridized carbons (Fsp3) is 0.438. The molecule has 2 N–H and O–H groups in total. The average Bonchev–Trinajstić information content (AvgIpc) is 2.91.